The summed E-state index contributed by atoms with van der Waals surface area (Å²) in [6.45, 7) is 12.2. The van der Waals surface area contributed by atoms with Gasteiger partial charge >= 0.3 is 0 Å². The van der Waals surface area contributed by atoms with Gasteiger partial charge in [0.05, 0.1) is 25.9 Å². The van der Waals surface area contributed by atoms with Gasteiger partial charge in [-0.3, -0.25) is 9.63 Å². The fraction of sp³-hybridized carbons (Fsp3) is 0.683. The highest BCUT2D eigenvalue weighted by atomic mass is 16.7. The second-order valence-electron chi connectivity index (χ2n) is 16.7. The Morgan fingerprint density at radius 2 is 2.02 bits per heavy atom. The summed E-state index contributed by atoms with van der Waals surface area (Å²) >= 11 is 0. The number of nitrogens with zero attached hydrogens (tertiary/aromatic N) is 2. The van der Waals surface area contributed by atoms with E-state index < -0.39 is 24.2 Å². The van der Waals surface area contributed by atoms with Crippen LogP contribution in [0.4, 0.5) is 5.69 Å². The summed E-state index contributed by atoms with van der Waals surface area (Å²) in [5, 5.41) is 23.5. The van der Waals surface area contributed by atoms with Gasteiger partial charge in [0.15, 0.2) is 0 Å². The molecule has 3 aliphatic carbocycles. The maximum atomic E-state index is 14.3. The summed E-state index contributed by atoms with van der Waals surface area (Å²) in [5.41, 5.74) is 11.8. The number of hydrogen-bond donors (Lipinski definition) is 5. The first kappa shape index (κ1) is 38.0. The highest BCUT2D eigenvalue weighted by Crippen LogP contribution is 2.61. The number of benzene rings is 2. The summed E-state index contributed by atoms with van der Waals surface area (Å²) in [6.07, 6.45) is 5.97. The molecule has 2 heterocycles. The fourth-order valence-corrected chi connectivity index (χ4v) is 9.74. The monoisotopic (exact) mass is 704 g/mol. The number of hydroxylamine groups is 2. The van der Waals surface area contributed by atoms with Gasteiger partial charge in [0, 0.05) is 62.0 Å². The largest absolute Gasteiger partial charge is 0.496 e. The number of aliphatic hydroxyl groups excluding tert-OH is 1. The Morgan fingerprint density at radius 1 is 1.22 bits per heavy atom. The van der Waals surface area contributed by atoms with Crippen molar-refractivity contribution in [2.45, 2.75) is 110 Å². The molecule has 0 aromatic heterocycles. The molecule has 282 valence electrons. The molecule has 0 radical (unpaired) electrons. The molecule has 9 atom stereocenters. The number of para-hydroxylation sites is 1. The van der Waals surface area contributed by atoms with Crippen LogP contribution in [0.3, 0.4) is 0 Å². The normalized spacial score (nSPS) is 30.8. The van der Waals surface area contributed by atoms with E-state index in [0.29, 0.717) is 35.8 Å². The summed E-state index contributed by atoms with van der Waals surface area (Å²) in [4.78, 5) is 22.8. The SMILES string of the molecule is COc1c(CN2O[C@@H](CN)[C@@H]([C@H](C)O)C2C(=O)N[C@H]2C[C@H]3C[C@@H]([C@@H]2C)C3(C)C)cccc1-c1cc(CNCCC2CCCCN2)cc(N(C)C)c1. The number of anilines is 1. The number of rotatable bonds is 14. The molecule has 10 heteroatoms. The van der Waals surface area contributed by atoms with Crippen molar-refractivity contribution in [1.29, 1.82) is 0 Å². The molecule has 2 saturated heterocycles. The van der Waals surface area contributed by atoms with Crippen LogP contribution in [0.5, 0.6) is 5.75 Å². The Hall–Kier alpha value is -2.73. The molecule has 2 unspecified atom stereocenters. The standard InChI is InChI=1S/C41H64N6O4/c1-25-34-20-30(41(34,3)4)21-35(25)45-40(49)38-37(26(2)48)36(22-42)51-47(38)24-28-11-10-13-33(39(28)50-7)29-17-27(18-32(19-29)46(5)6)23-43-16-14-31-12-8-9-15-44-31/h10-11,13,17-19,25-26,30-31,34-38,43-44,48H,8-9,12,14-16,20-24,42H2,1-7H3,(H,45,49)/t25-,26-,30+,31?,34-,35-,36-,37+,38?/m0/s1. The summed E-state index contributed by atoms with van der Waals surface area (Å²) in [5.74, 6) is 1.80. The molecule has 2 aliphatic heterocycles. The topological polar surface area (TPSA) is 124 Å². The molecule has 7 rings (SSSR count). The van der Waals surface area contributed by atoms with E-state index in [2.05, 4.69) is 80.0 Å². The van der Waals surface area contributed by atoms with E-state index in [9.17, 15) is 9.90 Å². The van der Waals surface area contributed by atoms with Gasteiger partial charge in [-0.2, -0.15) is 5.06 Å². The number of methoxy groups -OCH3 is 1. The van der Waals surface area contributed by atoms with Crippen LogP contribution in [0.1, 0.15) is 77.3 Å². The van der Waals surface area contributed by atoms with Crippen molar-refractivity contribution >= 4 is 11.6 Å². The average Bonchev–Trinajstić information content (AvgIpc) is 3.49. The van der Waals surface area contributed by atoms with Crippen molar-refractivity contribution in [2.24, 2.45) is 34.8 Å². The Labute approximate surface area is 306 Å². The summed E-state index contributed by atoms with van der Waals surface area (Å²) in [7, 11) is 5.84. The summed E-state index contributed by atoms with van der Waals surface area (Å²) < 4.78 is 6.15. The van der Waals surface area contributed by atoms with E-state index in [0.717, 1.165) is 60.6 Å². The number of piperidine rings is 1. The van der Waals surface area contributed by atoms with Crippen LogP contribution < -0.4 is 31.3 Å². The lowest BCUT2D eigenvalue weighted by atomic mass is 9.45. The Balaban J connectivity index is 1.22. The van der Waals surface area contributed by atoms with E-state index in [1.165, 1.54) is 31.2 Å². The van der Waals surface area contributed by atoms with Crippen LogP contribution >= 0.6 is 0 Å². The molecule has 0 spiro atoms. The minimum Gasteiger partial charge on any atom is -0.496 e. The average molecular weight is 705 g/mol. The van der Waals surface area contributed by atoms with Crippen molar-refractivity contribution in [2.75, 3.05) is 45.7 Å². The Kier molecular flexibility index (Phi) is 12.0. The van der Waals surface area contributed by atoms with Crippen LogP contribution in [0.15, 0.2) is 36.4 Å². The van der Waals surface area contributed by atoms with Crippen molar-refractivity contribution in [3.63, 3.8) is 0 Å². The fourth-order valence-electron chi connectivity index (χ4n) is 9.74. The molecular weight excluding hydrogens is 640 g/mol. The zero-order valence-corrected chi connectivity index (χ0v) is 32.1. The van der Waals surface area contributed by atoms with Crippen LogP contribution in [-0.4, -0.2) is 87.2 Å². The van der Waals surface area contributed by atoms with Crippen LogP contribution in [-0.2, 0) is 22.7 Å². The van der Waals surface area contributed by atoms with E-state index in [1.54, 1.807) is 19.1 Å². The number of carbonyl (C=O) groups excluding carboxylic acids is 1. The van der Waals surface area contributed by atoms with Crippen molar-refractivity contribution in [3.8, 4) is 16.9 Å². The molecule has 2 bridgehead atoms. The van der Waals surface area contributed by atoms with Gasteiger partial charge in [-0.05, 0) is 105 Å². The van der Waals surface area contributed by atoms with E-state index in [1.807, 2.05) is 12.1 Å². The first-order chi connectivity index (χ1) is 24.4. The lowest BCUT2D eigenvalue weighted by Gasteiger charge is -2.62. The quantitative estimate of drug-likeness (QED) is 0.179. The van der Waals surface area contributed by atoms with Gasteiger partial charge in [-0.15, -0.1) is 0 Å². The molecule has 1 amide bonds. The predicted octanol–water partition coefficient (Wildman–Crippen LogP) is 4.68. The first-order valence-corrected chi connectivity index (χ1v) is 19.5. The zero-order chi connectivity index (χ0) is 36.4. The third-order valence-electron chi connectivity index (χ3n) is 13.0. The van der Waals surface area contributed by atoms with E-state index >= 15 is 0 Å². The smallest absolute Gasteiger partial charge is 0.240 e. The number of aliphatic hydroxyl groups is 1. The van der Waals surface area contributed by atoms with Crippen molar-refractivity contribution in [3.05, 3.63) is 47.5 Å². The number of ether oxygens (including phenoxy) is 1. The van der Waals surface area contributed by atoms with Gasteiger partial charge in [0.25, 0.3) is 0 Å². The first-order valence-electron chi connectivity index (χ1n) is 19.5. The van der Waals surface area contributed by atoms with Crippen LogP contribution in [0, 0.1) is 29.1 Å². The molecule has 2 aromatic carbocycles. The minimum atomic E-state index is -0.775. The molecule has 10 nitrogen and oxygen atoms in total. The van der Waals surface area contributed by atoms with Gasteiger partial charge in [0.1, 0.15) is 11.8 Å². The van der Waals surface area contributed by atoms with E-state index in [-0.39, 0.29) is 18.5 Å². The lowest BCUT2D eigenvalue weighted by Crippen LogP contribution is -2.62. The molecular formula is C41H64N6O4. The molecule has 5 fully saturated rings. The molecule has 2 aromatic rings. The van der Waals surface area contributed by atoms with Crippen molar-refractivity contribution < 1.29 is 19.5 Å². The minimum absolute atomic E-state index is 0.0991. The number of carbonyl (C=O) groups is 1. The second-order valence-corrected chi connectivity index (χ2v) is 16.7. The van der Waals surface area contributed by atoms with Crippen molar-refractivity contribution in [1.82, 2.24) is 21.0 Å². The predicted molar refractivity (Wildman–Crippen MR) is 204 cm³/mol. The third kappa shape index (κ3) is 7.97. The highest BCUT2D eigenvalue weighted by molar-refractivity contribution is 5.83. The maximum Gasteiger partial charge on any atom is 0.240 e. The van der Waals surface area contributed by atoms with Crippen LogP contribution in [0.2, 0.25) is 0 Å². The highest BCUT2D eigenvalue weighted by Gasteiger charge is 2.57. The second kappa shape index (κ2) is 16.1. The number of fused-ring (bicyclic) bond motifs is 2. The van der Waals surface area contributed by atoms with Gasteiger partial charge in [-0.25, -0.2) is 0 Å². The van der Waals surface area contributed by atoms with Gasteiger partial charge in [0.2, 0.25) is 5.91 Å². The number of amides is 1. The molecule has 6 N–H and O–H groups in total. The Morgan fingerprint density at radius 3 is 2.67 bits per heavy atom. The molecule has 5 aliphatic rings. The number of nitrogens with one attached hydrogen (secondary N) is 3. The summed E-state index contributed by atoms with van der Waals surface area (Å²) in [6, 6.07) is 12.9. The molecule has 51 heavy (non-hydrogen) atoms. The van der Waals surface area contributed by atoms with Gasteiger partial charge in [-0.1, -0.05) is 45.4 Å². The van der Waals surface area contributed by atoms with Gasteiger partial charge < -0.3 is 36.4 Å². The Bertz CT molecular complexity index is 1490. The third-order valence-corrected chi connectivity index (χ3v) is 13.0. The lowest BCUT2D eigenvalue weighted by molar-refractivity contribution is -0.175. The number of nitrogens with two attached hydrogens (primary N) is 1. The molecule has 3 saturated carbocycles. The van der Waals surface area contributed by atoms with E-state index in [4.69, 9.17) is 15.3 Å². The zero-order valence-electron chi connectivity index (χ0n) is 32.1. The maximum absolute atomic E-state index is 14.3. The van der Waals surface area contributed by atoms with Crippen LogP contribution in [0.25, 0.3) is 11.1 Å². The number of hydrogen-bond acceptors (Lipinski definition) is 9.